The van der Waals surface area contributed by atoms with Crippen molar-refractivity contribution in [2.24, 2.45) is 0 Å². The molecule has 0 aliphatic carbocycles. The first kappa shape index (κ1) is 23.6. The monoisotopic (exact) mass is 482 g/mol. The lowest BCUT2D eigenvalue weighted by atomic mass is 10.1. The Hall–Kier alpha value is -3.57. The fourth-order valence-electron chi connectivity index (χ4n) is 3.52. The number of benzene rings is 2. The summed E-state index contributed by atoms with van der Waals surface area (Å²) in [7, 11) is 0. The molecule has 12 heteroatoms. The predicted octanol–water partition coefficient (Wildman–Crippen LogP) is 6.39. The van der Waals surface area contributed by atoms with E-state index < -0.39 is 23.5 Å². The number of nitrogens with one attached hydrogen (secondary N) is 2. The Morgan fingerprint density at radius 1 is 0.647 bits per heavy atom. The van der Waals surface area contributed by atoms with Crippen LogP contribution in [-0.4, -0.2) is 28.0 Å². The van der Waals surface area contributed by atoms with Gasteiger partial charge in [0, 0.05) is 24.5 Å². The molecule has 0 atom stereocenters. The van der Waals surface area contributed by atoms with Crippen molar-refractivity contribution in [3.63, 3.8) is 0 Å². The van der Waals surface area contributed by atoms with Crippen molar-refractivity contribution in [2.45, 2.75) is 31.6 Å². The molecule has 2 heterocycles. The molecule has 180 valence electrons. The largest absolute Gasteiger partial charge is 0.416 e. The van der Waals surface area contributed by atoms with Crippen LogP contribution in [0.1, 0.15) is 30.4 Å². The second kappa shape index (κ2) is 9.35. The van der Waals surface area contributed by atoms with E-state index in [1.165, 1.54) is 24.3 Å². The van der Waals surface area contributed by atoms with Gasteiger partial charge in [-0.25, -0.2) is 0 Å². The van der Waals surface area contributed by atoms with Gasteiger partial charge in [-0.2, -0.15) is 41.3 Å². The van der Waals surface area contributed by atoms with E-state index in [4.69, 9.17) is 0 Å². The summed E-state index contributed by atoms with van der Waals surface area (Å²) in [6.07, 6.45) is -6.17. The van der Waals surface area contributed by atoms with Crippen LogP contribution in [0, 0.1) is 0 Å². The van der Waals surface area contributed by atoms with Gasteiger partial charge in [-0.3, -0.25) is 0 Å². The van der Waals surface area contributed by atoms with Crippen LogP contribution in [-0.2, 0) is 12.4 Å². The van der Waals surface area contributed by atoms with Gasteiger partial charge < -0.3 is 15.5 Å². The fourth-order valence-corrected chi connectivity index (χ4v) is 3.52. The van der Waals surface area contributed by atoms with E-state index in [1.54, 1.807) is 0 Å². The third-order valence-electron chi connectivity index (χ3n) is 5.15. The highest BCUT2D eigenvalue weighted by atomic mass is 19.4. The van der Waals surface area contributed by atoms with Gasteiger partial charge in [-0.15, -0.1) is 0 Å². The highest BCUT2D eigenvalue weighted by Gasteiger charge is 2.31. The number of alkyl halides is 6. The van der Waals surface area contributed by atoms with Crippen molar-refractivity contribution in [3.05, 3.63) is 59.7 Å². The average molecular weight is 482 g/mol. The minimum Gasteiger partial charge on any atom is -0.341 e. The Morgan fingerprint density at radius 2 is 1.12 bits per heavy atom. The van der Waals surface area contributed by atoms with Gasteiger partial charge in [-0.05, 0) is 55.7 Å². The molecule has 2 aromatic carbocycles. The van der Waals surface area contributed by atoms with Gasteiger partial charge >= 0.3 is 12.4 Å². The topological polar surface area (TPSA) is 66.0 Å². The second-order valence-corrected chi connectivity index (χ2v) is 7.74. The summed E-state index contributed by atoms with van der Waals surface area (Å²) in [5.41, 5.74) is -1.47. The van der Waals surface area contributed by atoms with Crippen molar-refractivity contribution in [3.8, 4) is 0 Å². The predicted molar refractivity (Wildman–Crippen MR) is 115 cm³/mol. The van der Waals surface area contributed by atoms with Crippen molar-refractivity contribution in [1.29, 1.82) is 0 Å². The van der Waals surface area contributed by atoms with Crippen LogP contribution in [0.15, 0.2) is 48.5 Å². The Kier molecular flexibility index (Phi) is 6.49. The molecule has 6 nitrogen and oxygen atoms in total. The summed E-state index contributed by atoms with van der Waals surface area (Å²) in [5.74, 6) is 0.201. The van der Waals surface area contributed by atoms with Gasteiger partial charge in [0.05, 0.1) is 11.1 Å². The van der Waals surface area contributed by atoms with Gasteiger partial charge in [-0.1, -0.05) is 12.1 Å². The Bertz CT molecular complexity index is 1060. The first-order valence-corrected chi connectivity index (χ1v) is 10.5. The lowest BCUT2D eigenvalue weighted by Gasteiger charge is -2.27. The molecule has 1 fully saturated rings. The molecular formula is C22H20F6N6. The summed E-state index contributed by atoms with van der Waals surface area (Å²) >= 11 is 0. The zero-order valence-electron chi connectivity index (χ0n) is 17.7. The van der Waals surface area contributed by atoms with E-state index in [-0.39, 0.29) is 29.2 Å². The fraction of sp³-hybridized carbons (Fsp3) is 0.318. The van der Waals surface area contributed by atoms with E-state index in [2.05, 4.69) is 25.6 Å². The van der Waals surface area contributed by atoms with Crippen molar-refractivity contribution >= 4 is 29.2 Å². The van der Waals surface area contributed by atoms with Gasteiger partial charge in [0.15, 0.2) is 0 Å². The number of halogens is 6. The molecule has 1 saturated heterocycles. The van der Waals surface area contributed by atoms with Crippen LogP contribution in [0.3, 0.4) is 0 Å². The number of hydrogen-bond donors (Lipinski definition) is 2. The maximum absolute atomic E-state index is 13.1. The zero-order valence-corrected chi connectivity index (χ0v) is 17.7. The average Bonchev–Trinajstić information content (AvgIpc) is 2.79. The van der Waals surface area contributed by atoms with E-state index in [0.717, 1.165) is 43.5 Å². The molecular weight excluding hydrogens is 462 g/mol. The lowest BCUT2D eigenvalue weighted by molar-refractivity contribution is -0.138. The van der Waals surface area contributed by atoms with Crippen molar-refractivity contribution < 1.29 is 26.3 Å². The molecule has 4 rings (SSSR count). The summed E-state index contributed by atoms with van der Waals surface area (Å²) < 4.78 is 78.4. The summed E-state index contributed by atoms with van der Waals surface area (Å²) in [6.45, 7) is 1.35. The molecule has 0 bridgehead atoms. The first-order valence-electron chi connectivity index (χ1n) is 10.5. The number of rotatable bonds is 5. The Balaban J connectivity index is 1.66. The molecule has 2 N–H and O–H groups in total. The summed E-state index contributed by atoms with van der Waals surface area (Å²) in [4.78, 5) is 14.7. The normalized spacial score (nSPS) is 14.7. The van der Waals surface area contributed by atoms with E-state index in [0.29, 0.717) is 13.1 Å². The van der Waals surface area contributed by atoms with Gasteiger partial charge in [0.25, 0.3) is 0 Å². The van der Waals surface area contributed by atoms with E-state index in [1.807, 2.05) is 4.90 Å². The van der Waals surface area contributed by atoms with Crippen LogP contribution in [0.25, 0.3) is 0 Å². The maximum atomic E-state index is 13.1. The smallest absolute Gasteiger partial charge is 0.341 e. The standard InChI is InChI=1S/C22H20F6N6/c23-21(24,25)14-6-4-8-16(12-14)29-18-31-19(33-20(32-18)34-10-2-1-3-11-34)30-17-9-5-7-15(13-17)22(26,27)28/h4-9,12-13H,1-3,10-11H2,(H2,29,30,31,32,33). The summed E-state index contributed by atoms with van der Waals surface area (Å²) in [5, 5.41) is 5.50. The third kappa shape index (κ3) is 5.86. The Morgan fingerprint density at radius 3 is 1.56 bits per heavy atom. The second-order valence-electron chi connectivity index (χ2n) is 7.74. The molecule has 0 amide bonds. The van der Waals surface area contributed by atoms with Crippen molar-refractivity contribution in [2.75, 3.05) is 28.6 Å². The summed E-state index contributed by atoms with van der Waals surface area (Å²) in [6, 6.07) is 9.09. The van der Waals surface area contributed by atoms with Crippen LogP contribution < -0.4 is 15.5 Å². The number of piperidine rings is 1. The van der Waals surface area contributed by atoms with Gasteiger partial charge in [0.2, 0.25) is 17.8 Å². The molecule has 0 spiro atoms. The van der Waals surface area contributed by atoms with Crippen molar-refractivity contribution in [1.82, 2.24) is 15.0 Å². The minimum atomic E-state index is -4.52. The Labute approximate surface area is 191 Å². The first-order chi connectivity index (χ1) is 16.1. The third-order valence-corrected chi connectivity index (χ3v) is 5.15. The maximum Gasteiger partial charge on any atom is 0.416 e. The highest BCUT2D eigenvalue weighted by molar-refractivity contribution is 5.60. The number of anilines is 5. The molecule has 0 unspecified atom stereocenters. The molecule has 3 aromatic rings. The van der Waals surface area contributed by atoms with E-state index >= 15 is 0 Å². The molecule has 0 radical (unpaired) electrons. The van der Waals surface area contributed by atoms with Gasteiger partial charge in [0.1, 0.15) is 0 Å². The molecule has 1 aromatic heterocycles. The van der Waals surface area contributed by atoms with Crippen LogP contribution in [0.2, 0.25) is 0 Å². The van der Waals surface area contributed by atoms with E-state index in [9.17, 15) is 26.3 Å². The molecule has 34 heavy (non-hydrogen) atoms. The lowest BCUT2D eigenvalue weighted by Crippen LogP contribution is -2.31. The zero-order chi connectivity index (χ0) is 24.3. The van der Waals surface area contributed by atoms with Crippen LogP contribution in [0.4, 0.5) is 55.6 Å². The van der Waals surface area contributed by atoms with Crippen LogP contribution in [0.5, 0.6) is 0 Å². The van der Waals surface area contributed by atoms with Crippen LogP contribution >= 0.6 is 0 Å². The molecule has 1 aliphatic rings. The number of nitrogens with zero attached hydrogens (tertiary/aromatic N) is 4. The minimum absolute atomic E-state index is 0.0376. The quantitative estimate of drug-likeness (QED) is 0.411. The number of hydrogen-bond acceptors (Lipinski definition) is 6. The molecule has 0 saturated carbocycles. The molecule has 1 aliphatic heterocycles. The number of aromatic nitrogens is 3. The SMILES string of the molecule is FC(F)(F)c1cccc(Nc2nc(Nc3cccc(C(F)(F)F)c3)nc(N3CCCCC3)n2)c1. The highest BCUT2D eigenvalue weighted by Crippen LogP contribution is 2.33.